The van der Waals surface area contributed by atoms with Gasteiger partial charge in [-0.2, -0.15) is 0 Å². The largest absolute Gasteiger partial charge is 0.494 e. The van der Waals surface area contributed by atoms with Gasteiger partial charge in [0.25, 0.3) is 0 Å². The highest BCUT2D eigenvalue weighted by molar-refractivity contribution is 5.20. The second-order valence-corrected chi connectivity index (χ2v) is 3.22. The maximum atomic E-state index is 5.54. The van der Waals surface area contributed by atoms with Crippen molar-refractivity contribution >= 4 is 0 Å². The fraction of sp³-hybridized carbons (Fsp3) is 0.385. The van der Waals surface area contributed by atoms with Crippen LogP contribution in [-0.2, 0) is 0 Å². The summed E-state index contributed by atoms with van der Waals surface area (Å²) in [5, 5.41) is 0. The molecule has 0 spiro atoms. The van der Waals surface area contributed by atoms with Crippen LogP contribution in [0.3, 0.4) is 0 Å². The number of hydrogen-bond acceptors (Lipinski definition) is 1. The summed E-state index contributed by atoms with van der Waals surface area (Å²) in [6.45, 7) is 4.50. The molecule has 1 rings (SSSR count). The van der Waals surface area contributed by atoms with Crippen LogP contribution in [0, 0.1) is 6.07 Å². The van der Waals surface area contributed by atoms with Crippen molar-refractivity contribution < 1.29 is 4.74 Å². The molecule has 0 fully saturated rings. The highest BCUT2D eigenvalue weighted by Crippen LogP contribution is 2.09. The summed E-state index contributed by atoms with van der Waals surface area (Å²) in [4.78, 5) is 0. The van der Waals surface area contributed by atoms with Crippen molar-refractivity contribution in [2.75, 3.05) is 6.61 Å². The summed E-state index contributed by atoms with van der Waals surface area (Å²) in [7, 11) is 0. The third kappa shape index (κ3) is 4.70. The number of allylic oxidation sites excluding steroid dienone is 1. The summed E-state index contributed by atoms with van der Waals surface area (Å²) in [6.07, 6.45) is 6.63. The van der Waals surface area contributed by atoms with Crippen molar-refractivity contribution in [1.29, 1.82) is 0 Å². The smallest absolute Gasteiger partial charge is 0.119 e. The zero-order valence-electron chi connectivity index (χ0n) is 8.54. The molecule has 0 atom stereocenters. The molecule has 0 aromatic heterocycles. The molecule has 0 saturated heterocycles. The molecule has 14 heavy (non-hydrogen) atoms. The Morgan fingerprint density at radius 2 is 2.00 bits per heavy atom. The van der Waals surface area contributed by atoms with Crippen LogP contribution in [0.15, 0.2) is 36.9 Å². The minimum Gasteiger partial charge on any atom is -0.494 e. The molecule has 1 nitrogen and oxygen atoms in total. The molecule has 0 unspecified atom stereocenters. The topological polar surface area (TPSA) is 9.23 Å². The van der Waals surface area contributed by atoms with Gasteiger partial charge in [-0.1, -0.05) is 18.2 Å². The lowest BCUT2D eigenvalue weighted by Gasteiger charge is -2.04. The van der Waals surface area contributed by atoms with Crippen molar-refractivity contribution in [1.82, 2.24) is 0 Å². The number of rotatable bonds is 7. The molecule has 0 N–H and O–H groups in total. The number of ether oxygens (including phenoxy) is 1. The molecule has 0 amide bonds. The van der Waals surface area contributed by atoms with Crippen LogP contribution >= 0.6 is 0 Å². The molecule has 1 radical (unpaired) electrons. The SMILES string of the molecule is C=CCCCCCOc1cc[c]cc1. The van der Waals surface area contributed by atoms with Gasteiger partial charge < -0.3 is 4.74 Å². The van der Waals surface area contributed by atoms with Gasteiger partial charge in [-0.05, 0) is 43.9 Å². The Morgan fingerprint density at radius 3 is 2.71 bits per heavy atom. The van der Waals surface area contributed by atoms with E-state index in [1.165, 1.54) is 12.8 Å². The Morgan fingerprint density at radius 1 is 1.21 bits per heavy atom. The molecule has 1 aromatic carbocycles. The van der Waals surface area contributed by atoms with E-state index in [4.69, 9.17) is 4.74 Å². The van der Waals surface area contributed by atoms with Crippen LogP contribution in [0.4, 0.5) is 0 Å². The predicted octanol–water partition coefficient (Wildman–Crippen LogP) is 3.61. The third-order valence-electron chi connectivity index (χ3n) is 2.01. The highest BCUT2D eigenvalue weighted by atomic mass is 16.5. The van der Waals surface area contributed by atoms with Gasteiger partial charge in [-0.25, -0.2) is 0 Å². The second kappa shape index (κ2) is 7.19. The van der Waals surface area contributed by atoms with Gasteiger partial charge >= 0.3 is 0 Å². The van der Waals surface area contributed by atoms with Gasteiger partial charge in [0, 0.05) is 0 Å². The van der Waals surface area contributed by atoms with Crippen LogP contribution in [0.5, 0.6) is 5.75 Å². The van der Waals surface area contributed by atoms with Crippen molar-refractivity contribution in [2.24, 2.45) is 0 Å². The molecule has 75 valence electrons. The lowest BCUT2D eigenvalue weighted by Crippen LogP contribution is -1.96. The minimum absolute atomic E-state index is 0.807. The average Bonchev–Trinajstić information content (AvgIpc) is 2.25. The van der Waals surface area contributed by atoms with E-state index < -0.39 is 0 Å². The second-order valence-electron chi connectivity index (χ2n) is 3.22. The summed E-state index contributed by atoms with van der Waals surface area (Å²) >= 11 is 0. The van der Waals surface area contributed by atoms with Gasteiger partial charge in [0.15, 0.2) is 0 Å². The van der Waals surface area contributed by atoms with Crippen LogP contribution in [0.25, 0.3) is 0 Å². The third-order valence-corrected chi connectivity index (χ3v) is 2.01. The first kappa shape index (κ1) is 10.8. The Balaban J connectivity index is 2.02. The first-order valence-corrected chi connectivity index (χ1v) is 5.13. The first-order chi connectivity index (χ1) is 6.93. The summed E-state index contributed by atoms with van der Waals surface area (Å²) < 4.78 is 5.54. The lowest BCUT2D eigenvalue weighted by molar-refractivity contribution is 0.305. The molecule has 0 saturated carbocycles. The molecule has 1 aromatic rings. The molecule has 1 heteroatoms. The van der Waals surface area contributed by atoms with Crippen molar-refractivity contribution in [3.63, 3.8) is 0 Å². The number of hydrogen-bond donors (Lipinski definition) is 0. The van der Waals surface area contributed by atoms with E-state index in [0.29, 0.717) is 0 Å². The van der Waals surface area contributed by atoms with Crippen molar-refractivity contribution in [3.05, 3.63) is 43.0 Å². The van der Waals surface area contributed by atoms with Gasteiger partial charge in [0.05, 0.1) is 6.61 Å². The maximum Gasteiger partial charge on any atom is 0.119 e. The quantitative estimate of drug-likeness (QED) is 0.470. The van der Waals surface area contributed by atoms with E-state index in [1.54, 1.807) is 0 Å². The van der Waals surface area contributed by atoms with Crippen LogP contribution in [-0.4, -0.2) is 6.61 Å². The maximum absolute atomic E-state index is 5.54. The Labute approximate surface area is 86.4 Å². The summed E-state index contributed by atoms with van der Waals surface area (Å²) in [5.41, 5.74) is 0. The Kier molecular flexibility index (Phi) is 5.57. The van der Waals surface area contributed by atoms with E-state index in [1.807, 2.05) is 30.3 Å². The highest BCUT2D eigenvalue weighted by Gasteiger charge is 1.91. The van der Waals surface area contributed by atoms with Gasteiger partial charge in [0.2, 0.25) is 0 Å². The molecule has 0 bridgehead atoms. The van der Waals surface area contributed by atoms with Crippen molar-refractivity contribution in [2.45, 2.75) is 25.7 Å². The summed E-state index contributed by atoms with van der Waals surface area (Å²) in [6, 6.07) is 10.6. The Bertz CT molecular complexity index is 241. The Hall–Kier alpha value is -1.24. The molecule has 0 aliphatic rings. The normalized spacial score (nSPS) is 9.71. The fourth-order valence-corrected chi connectivity index (χ4v) is 1.23. The van der Waals surface area contributed by atoms with Crippen LogP contribution < -0.4 is 4.74 Å². The molecule has 0 heterocycles. The molecular formula is C13H17O. The summed E-state index contributed by atoms with van der Waals surface area (Å²) in [5.74, 6) is 0.937. The van der Waals surface area contributed by atoms with Crippen LogP contribution in [0.2, 0.25) is 0 Å². The number of benzene rings is 1. The van der Waals surface area contributed by atoms with E-state index in [-0.39, 0.29) is 0 Å². The predicted molar refractivity (Wildman–Crippen MR) is 59.4 cm³/mol. The fourth-order valence-electron chi connectivity index (χ4n) is 1.23. The van der Waals surface area contributed by atoms with E-state index in [0.717, 1.165) is 25.2 Å². The van der Waals surface area contributed by atoms with Crippen molar-refractivity contribution in [3.8, 4) is 5.75 Å². The zero-order chi connectivity index (χ0) is 10.1. The molecule has 0 aliphatic heterocycles. The van der Waals surface area contributed by atoms with E-state index >= 15 is 0 Å². The van der Waals surface area contributed by atoms with E-state index in [2.05, 4.69) is 12.6 Å². The first-order valence-electron chi connectivity index (χ1n) is 5.13. The van der Waals surface area contributed by atoms with Gasteiger partial charge in [-0.3, -0.25) is 0 Å². The average molecular weight is 189 g/mol. The number of unbranched alkanes of at least 4 members (excludes halogenated alkanes) is 3. The minimum atomic E-state index is 0.807. The lowest BCUT2D eigenvalue weighted by atomic mass is 10.2. The monoisotopic (exact) mass is 189 g/mol. The van der Waals surface area contributed by atoms with Crippen LogP contribution in [0.1, 0.15) is 25.7 Å². The molecule has 0 aliphatic carbocycles. The standard InChI is InChI=1S/C13H17O/c1-2-3-4-5-9-12-14-13-10-7-6-8-11-13/h2,7-8,10-11H,1,3-5,9,12H2. The van der Waals surface area contributed by atoms with E-state index in [9.17, 15) is 0 Å². The van der Waals surface area contributed by atoms with Gasteiger partial charge in [0.1, 0.15) is 5.75 Å². The zero-order valence-corrected chi connectivity index (χ0v) is 8.54. The van der Waals surface area contributed by atoms with Gasteiger partial charge in [-0.15, -0.1) is 6.58 Å². The molecular weight excluding hydrogens is 172 g/mol.